The van der Waals surface area contributed by atoms with Crippen molar-refractivity contribution in [1.29, 1.82) is 0 Å². The van der Waals surface area contributed by atoms with Crippen LogP contribution < -0.4 is 15.4 Å². The molecule has 0 aromatic heterocycles. The molecule has 2 rings (SSSR count). The molecule has 0 aliphatic carbocycles. The second-order valence-corrected chi connectivity index (χ2v) is 4.72. The highest BCUT2D eigenvalue weighted by molar-refractivity contribution is 5.95. The van der Waals surface area contributed by atoms with Gasteiger partial charge < -0.3 is 15.4 Å². The van der Waals surface area contributed by atoms with Crippen LogP contribution in [0.4, 0.5) is 5.69 Å². The van der Waals surface area contributed by atoms with E-state index in [9.17, 15) is 9.59 Å². The summed E-state index contributed by atoms with van der Waals surface area (Å²) in [7, 11) is 1.58. The van der Waals surface area contributed by atoms with Crippen molar-refractivity contribution in [2.45, 2.75) is 13.0 Å². The maximum absolute atomic E-state index is 12.2. The fourth-order valence-corrected chi connectivity index (χ4v) is 2.10. The zero-order valence-electron chi connectivity index (χ0n) is 11.7. The minimum atomic E-state index is -0.354. The number of nitrogens with one attached hydrogen (secondary N) is 2. The number of anilines is 1. The van der Waals surface area contributed by atoms with E-state index in [-0.39, 0.29) is 24.4 Å². The number of benzene rings is 1. The van der Waals surface area contributed by atoms with Crippen molar-refractivity contribution < 1.29 is 14.3 Å². The number of methoxy groups -OCH3 is 1. The molecule has 1 saturated heterocycles. The molecule has 0 bridgehead atoms. The van der Waals surface area contributed by atoms with E-state index in [0.717, 1.165) is 0 Å². The van der Waals surface area contributed by atoms with Gasteiger partial charge in [-0.05, 0) is 19.1 Å². The second kappa shape index (κ2) is 6.38. The number of hydrogen-bond acceptors (Lipinski definition) is 4. The van der Waals surface area contributed by atoms with Gasteiger partial charge in [0, 0.05) is 24.8 Å². The minimum absolute atomic E-state index is 0.0442. The summed E-state index contributed by atoms with van der Waals surface area (Å²) in [6.07, 6.45) is 0. The van der Waals surface area contributed by atoms with Crippen LogP contribution in [0.15, 0.2) is 24.3 Å². The van der Waals surface area contributed by atoms with Gasteiger partial charge in [-0.15, -0.1) is 0 Å². The lowest BCUT2D eigenvalue weighted by Crippen LogP contribution is -2.53. The molecule has 1 heterocycles. The predicted octanol–water partition coefficient (Wildman–Crippen LogP) is 0.454. The van der Waals surface area contributed by atoms with Gasteiger partial charge >= 0.3 is 0 Å². The molecule has 2 amide bonds. The number of carbonyl (C=O) groups excluding carboxylic acids is 2. The lowest BCUT2D eigenvalue weighted by Gasteiger charge is -2.31. The van der Waals surface area contributed by atoms with Crippen molar-refractivity contribution >= 4 is 17.5 Å². The van der Waals surface area contributed by atoms with Crippen LogP contribution in [0.25, 0.3) is 0 Å². The largest absolute Gasteiger partial charge is 0.497 e. The van der Waals surface area contributed by atoms with Crippen LogP contribution in [0.1, 0.15) is 6.92 Å². The highest BCUT2D eigenvalue weighted by atomic mass is 16.5. The van der Waals surface area contributed by atoms with E-state index in [1.165, 1.54) is 0 Å². The molecule has 0 saturated carbocycles. The highest BCUT2D eigenvalue weighted by Crippen LogP contribution is 2.17. The van der Waals surface area contributed by atoms with Crippen molar-refractivity contribution in [3.8, 4) is 5.75 Å². The molecule has 6 heteroatoms. The Morgan fingerprint density at radius 3 is 3.00 bits per heavy atom. The summed E-state index contributed by atoms with van der Waals surface area (Å²) in [4.78, 5) is 25.4. The maximum Gasteiger partial charge on any atom is 0.241 e. The molecule has 1 aliphatic rings. The monoisotopic (exact) mass is 277 g/mol. The third kappa shape index (κ3) is 3.48. The number of amides is 2. The van der Waals surface area contributed by atoms with Crippen molar-refractivity contribution in [2.75, 3.05) is 32.1 Å². The average molecular weight is 277 g/mol. The lowest BCUT2D eigenvalue weighted by atomic mass is 10.2. The van der Waals surface area contributed by atoms with E-state index in [0.29, 0.717) is 24.5 Å². The molecule has 0 spiro atoms. The van der Waals surface area contributed by atoms with Crippen LogP contribution in [0.2, 0.25) is 0 Å². The Bertz CT molecular complexity index is 504. The Balaban J connectivity index is 1.98. The number of piperazine rings is 1. The number of carbonyl (C=O) groups is 2. The minimum Gasteiger partial charge on any atom is -0.497 e. The first-order chi connectivity index (χ1) is 9.60. The van der Waals surface area contributed by atoms with Gasteiger partial charge in [-0.25, -0.2) is 0 Å². The Hall–Kier alpha value is -2.08. The van der Waals surface area contributed by atoms with E-state index >= 15 is 0 Å². The van der Waals surface area contributed by atoms with Crippen LogP contribution in [-0.2, 0) is 9.59 Å². The van der Waals surface area contributed by atoms with Gasteiger partial charge in [0.2, 0.25) is 11.8 Å². The van der Waals surface area contributed by atoms with Gasteiger partial charge in [-0.2, -0.15) is 0 Å². The van der Waals surface area contributed by atoms with E-state index in [1.807, 2.05) is 17.0 Å². The lowest BCUT2D eigenvalue weighted by molar-refractivity contribution is -0.127. The smallest absolute Gasteiger partial charge is 0.241 e. The van der Waals surface area contributed by atoms with Crippen LogP contribution in [0.3, 0.4) is 0 Å². The quantitative estimate of drug-likeness (QED) is 0.838. The van der Waals surface area contributed by atoms with Gasteiger partial charge in [-0.1, -0.05) is 6.07 Å². The van der Waals surface area contributed by atoms with E-state index in [2.05, 4.69) is 10.6 Å². The standard InChI is InChI=1S/C14H19N3O3/c1-10(17-7-6-15-13(18)9-17)14(19)16-11-4-3-5-12(8-11)20-2/h3-5,8,10H,6-7,9H2,1-2H3,(H,15,18)(H,16,19)/t10-/m1/s1. The van der Waals surface area contributed by atoms with Crippen molar-refractivity contribution in [3.05, 3.63) is 24.3 Å². The molecular formula is C14H19N3O3. The summed E-state index contributed by atoms with van der Waals surface area (Å²) in [5.41, 5.74) is 0.683. The fraction of sp³-hybridized carbons (Fsp3) is 0.429. The first kappa shape index (κ1) is 14.3. The van der Waals surface area contributed by atoms with Crippen LogP contribution in [0.5, 0.6) is 5.75 Å². The molecule has 0 radical (unpaired) electrons. The first-order valence-corrected chi connectivity index (χ1v) is 6.56. The summed E-state index contributed by atoms with van der Waals surface area (Å²) < 4.78 is 5.11. The number of ether oxygens (including phenoxy) is 1. The number of nitrogens with zero attached hydrogens (tertiary/aromatic N) is 1. The van der Waals surface area contributed by atoms with Crippen molar-refractivity contribution in [3.63, 3.8) is 0 Å². The SMILES string of the molecule is COc1cccc(NC(=O)[C@@H](C)N2CCNC(=O)C2)c1. The predicted molar refractivity (Wildman–Crippen MR) is 75.7 cm³/mol. The second-order valence-electron chi connectivity index (χ2n) is 4.72. The third-order valence-corrected chi connectivity index (χ3v) is 3.33. The Kier molecular flexibility index (Phi) is 4.57. The van der Waals surface area contributed by atoms with Gasteiger partial charge in [0.05, 0.1) is 19.7 Å². The van der Waals surface area contributed by atoms with Gasteiger partial charge in [0.1, 0.15) is 5.75 Å². The van der Waals surface area contributed by atoms with Crippen LogP contribution >= 0.6 is 0 Å². The zero-order valence-corrected chi connectivity index (χ0v) is 11.7. The molecule has 1 aromatic rings. The molecule has 1 aliphatic heterocycles. The Morgan fingerprint density at radius 1 is 1.50 bits per heavy atom. The maximum atomic E-state index is 12.2. The summed E-state index contributed by atoms with van der Waals surface area (Å²) in [6.45, 7) is 3.31. The first-order valence-electron chi connectivity index (χ1n) is 6.56. The van der Waals surface area contributed by atoms with Crippen molar-refractivity contribution in [2.24, 2.45) is 0 Å². The number of rotatable bonds is 4. The molecule has 6 nitrogen and oxygen atoms in total. The van der Waals surface area contributed by atoms with E-state index < -0.39 is 0 Å². The third-order valence-electron chi connectivity index (χ3n) is 3.33. The Labute approximate surface area is 118 Å². The molecule has 1 fully saturated rings. The summed E-state index contributed by atoms with van der Waals surface area (Å²) in [5, 5.41) is 5.58. The molecule has 0 unspecified atom stereocenters. The van der Waals surface area contributed by atoms with Gasteiger partial charge in [0.25, 0.3) is 0 Å². The number of hydrogen-bond donors (Lipinski definition) is 2. The molecule has 1 aromatic carbocycles. The van der Waals surface area contributed by atoms with Crippen LogP contribution in [0, 0.1) is 0 Å². The molecule has 1 atom stereocenters. The van der Waals surface area contributed by atoms with Crippen LogP contribution in [-0.4, -0.2) is 49.5 Å². The molecule has 2 N–H and O–H groups in total. The van der Waals surface area contributed by atoms with E-state index in [4.69, 9.17) is 4.74 Å². The Morgan fingerprint density at radius 2 is 2.30 bits per heavy atom. The highest BCUT2D eigenvalue weighted by Gasteiger charge is 2.25. The summed E-state index contributed by atoms with van der Waals surface area (Å²) >= 11 is 0. The fourth-order valence-electron chi connectivity index (χ4n) is 2.10. The summed E-state index contributed by atoms with van der Waals surface area (Å²) in [5.74, 6) is 0.512. The van der Waals surface area contributed by atoms with E-state index in [1.54, 1.807) is 26.2 Å². The zero-order chi connectivity index (χ0) is 14.5. The molecule has 20 heavy (non-hydrogen) atoms. The molecule has 108 valence electrons. The normalized spacial score (nSPS) is 17.2. The average Bonchev–Trinajstić information content (AvgIpc) is 2.46. The van der Waals surface area contributed by atoms with Gasteiger partial charge in [-0.3, -0.25) is 14.5 Å². The van der Waals surface area contributed by atoms with Crippen molar-refractivity contribution in [1.82, 2.24) is 10.2 Å². The van der Waals surface area contributed by atoms with Gasteiger partial charge in [0.15, 0.2) is 0 Å². The molecular weight excluding hydrogens is 258 g/mol. The summed E-state index contributed by atoms with van der Waals surface area (Å²) in [6, 6.07) is 6.83. The topological polar surface area (TPSA) is 70.7 Å².